The number of carbonyl (C=O) groups excluding carboxylic acids is 1. The Labute approximate surface area is 151 Å². The number of hydrogen-bond donors (Lipinski definition) is 2. The first-order valence-electron chi connectivity index (χ1n) is 8.13. The summed E-state index contributed by atoms with van der Waals surface area (Å²) in [6.07, 6.45) is 2.61. The zero-order chi connectivity index (χ0) is 18.0. The summed E-state index contributed by atoms with van der Waals surface area (Å²) in [6, 6.07) is 11.9. The molecule has 1 aromatic heterocycles. The molecule has 128 valence electrons. The molecule has 5 heteroatoms. The van der Waals surface area contributed by atoms with Crippen LogP contribution < -0.4 is 4.99 Å². The van der Waals surface area contributed by atoms with Crippen LogP contribution in [0.1, 0.15) is 29.8 Å². The second-order valence-electron chi connectivity index (χ2n) is 6.21. The Morgan fingerprint density at radius 1 is 1.16 bits per heavy atom. The van der Waals surface area contributed by atoms with E-state index in [1.54, 1.807) is 47.0 Å². The molecule has 3 rings (SSSR count). The smallest absolute Gasteiger partial charge is 0.262 e. The lowest BCUT2D eigenvalue weighted by Gasteiger charge is -2.04. The molecule has 1 heterocycles. The van der Waals surface area contributed by atoms with Crippen molar-refractivity contribution in [1.29, 1.82) is 0 Å². The summed E-state index contributed by atoms with van der Waals surface area (Å²) in [5.41, 5.74) is 3.51. The molecule has 0 unspecified atom stereocenters. The summed E-state index contributed by atoms with van der Waals surface area (Å²) in [5, 5.41) is 11.3. The molecule has 25 heavy (non-hydrogen) atoms. The van der Waals surface area contributed by atoms with Gasteiger partial charge in [-0.1, -0.05) is 11.6 Å². The van der Waals surface area contributed by atoms with Crippen LogP contribution in [0.4, 0.5) is 0 Å². The van der Waals surface area contributed by atoms with Gasteiger partial charge in [-0.2, -0.15) is 0 Å². The minimum absolute atomic E-state index is 0.121. The van der Waals surface area contributed by atoms with E-state index in [4.69, 9.17) is 11.6 Å². The van der Waals surface area contributed by atoms with Gasteiger partial charge in [-0.15, -0.1) is 0 Å². The highest BCUT2D eigenvalue weighted by atomic mass is 35.5. The average molecular weight is 356 g/mol. The monoisotopic (exact) mass is 355 g/mol. The number of halogens is 1. The van der Waals surface area contributed by atoms with Crippen LogP contribution in [0.15, 0.2) is 48.7 Å². The van der Waals surface area contributed by atoms with E-state index in [2.05, 4.69) is 4.99 Å². The second kappa shape index (κ2) is 7.11. The van der Waals surface area contributed by atoms with E-state index in [1.165, 1.54) is 0 Å². The molecular weight excluding hydrogens is 336 g/mol. The topological polar surface area (TPSA) is 56.2 Å². The van der Waals surface area contributed by atoms with Gasteiger partial charge in [-0.05, 0) is 48.0 Å². The fraction of sp³-hybridized carbons (Fsp3) is 0.200. The van der Waals surface area contributed by atoms with Crippen molar-refractivity contribution in [2.75, 3.05) is 6.54 Å². The van der Waals surface area contributed by atoms with Gasteiger partial charge < -0.3 is 5.11 Å². The van der Waals surface area contributed by atoms with Gasteiger partial charge in [0.15, 0.2) is 0 Å². The molecule has 0 amide bonds. The number of nitrogens with one attached hydrogen (secondary N) is 1. The lowest BCUT2D eigenvalue weighted by molar-refractivity contribution is -0.457. The molecule has 0 saturated heterocycles. The normalized spacial score (nSPS) is 10.8. The van der Waals surface area contributed by atoms with Crippen molar-refractivity contribution >= 4 is 34.1 Å². The number of carbonyl (C=O) groups is 1. The summed E-state index contributed by atoms with van der Waals surface area (Å²) >= 11 is 5.91. The van der Waals surface area contributed by atoms with Gasteiger partial charge in [0.1, 0.15) is 18.0 Å². The van der Waals surface area contributed by atoms with Crippen LogP contribution in [0.3, 0.4) is 0 Å². The van der Waals surface area contributed by atoms with E-state index in [0.717, 1.165) is 35.1 Å². The van der Waals surface area contributed by atoms with Gasteiger partial charge in [0.25, 0.3) is 5.91 Å². The number of fused-ring (bicyclic) bond motifs is 1. The minimum atomic E-state index is -0.121. The maximum Gasteiger partial charge on any atom is 0.262 e. The molecule has 0 aliphatic rings. The van der Waals surface area contributed by atoms with Gasteiger partial charge in [-0.25, -0.2) is 4.99 Å². The van der Waals surface area contributed by atoms with Gasteiger partial charge in [0.2, 0.25) is 0 Å². The van der Waals surface area contributed by atoms with Gasteiger partial charge in [0.05, 0.1) is 5.52 Å². The van der Waals surface area contributed by atoms with Gasteiger partial charge in [0, 0.05) is 42.4 Å². The summed E-state index contributed by atoms with van der Waals surface area (Å²) in [4.78, 5) is 16.2. The summed E-state index contributed by atoms with van der Waals surface area (Å²) < 4.78 is 1.63. The molecule has 2 N–H and O–H groups in total. The van der Waals surface area contributed by atoms with Crippen molar-refractivity contribution in [3.05, 3.63) is 64.8 Å². The maximum absolute atomic E-state index is 12.9. The summed E-state index contributed by atoms with van der Waals surface area (Å²) in [6.45, 7) is 4.80. The minimum Gasteiger partial charge on any atom is -0.508 e. The Bertz CT molecular complexity index is 952. The molecule has 0 saturated carbocycles. The van der Waals surface area contributed by atoms with Crippen molar-refractivity contribution in [3.63, 3.8) is 0 Å². The molecule has 0 spiro atoms. The van der Waals surface area contributed by atoms with E-state index in [-0.39, 0.29) is 11.7 Å². The molecule has 0 fully saturated rings. The molecule has 0 aliphatic carbocycles. The highest BCUT2D eigenvalue weighted by Gasteiger charge is 2.16. The summed E-state index contributed by atoms with van der Waals surface area (Å²) in [7, 11) is 0. The number of aromatic nitrogens is 1. The zero-order valence-electron chi connectivity index (χ0n) is 14.2. The predicted octanol–water partition coefficient (Wildman–Crippen LogP) is 2.79. The Morgan fingerprint density at radius 2 is 1.88 bits per heavy atom. The molecule has 0 aliphatic heterocycles. The lowest BCUT2D eigenvalue weighted by atomic mass is 10.1. The first kappa shape index (κ1) is 17.2. The highest BCUT2D eigenvalue weighted by molar-refractivity contribution is 6.30. The van der Waals surface area contributed by atoms with Gasteiger partial charge in [-0.3, -0.25) is 9.36 Å². The first-order valence-corrected chi connectivity index (χ1v) is 8.51. The number of rotatable bonds is 4. The van der Waals surface area contributed by atoms with Crippen LogP contribution in [0.2, 0.25) is 5.02 Å². The Kier molecular flexibility index (Phi) is 4.91. The van der Waals surface area contributed by atoms with E-state index in [9.17, 15) is 9.90 Å². The van der Waals surface area contributed by atoms with E-state index >= 15 is 0 Å². The fourth-order valence-electron chi connectivity index (χ4n) is 2.83. The second-order valence-corrected chi connectivity index (χ2v) is 6.65. The quantitative estimate of drug-likeness (QED) is 0.707. The molecule has 0 bridgehead atoms. The highest BCUT2D eigenvalue weighted by Crippen LogP contribution is 2.26. The molecular formula is C20H20ClN2O2+. The first-order chi connectivity index (χ1) is 12.0. The van der Waals surface area contributed by atoms with Crippen LogP contribution in [-0.4, -0.2) is 27.8 Å². The number of nitrogens with zero attached hydrogens (tertiary/aromatic N) is 1. The van der Waals surface area contributed by atoms with Crippen molar-refractivity contribution in [2.24, 2.45) is 0 Å². The fourth-order valence-corrected chi connectivity index (χ4v) is 2.96. The molecule has 2 aromatic carbocycles. The van der Waals surface area contributed by atoms with E-state index in [1.807, 2.05) is 20.0 Å². The van der Waals surface area contributed by atoms with Crippen LogP contribution >= 0.6 is 11.6 Å². The SMILES string of the molecule is CC(C)=[NH+]CCc1cn(C(=O)c2ccc(Cl)cc2)c2ccc(O)cc12. The number of benzene rings is 2. The van der Waals surface area contributed by atoms with Crippen LogP contribution in [0.25, 0.3) is 10.9 Å². The standard InChI is InChI=1S/C20H19ClN2O2/c1-13(2)22-10-9-15-12-23(19-8-7-17(24)11-18(15)19)20(25)14-3-5-16(21)6-4-14/h3-8,11-12,24H,9-10H2,1-2H3/p+1. The third-order valence-corrected chi connectivity index (χ3v) is 4.31. The lowest BCUT2D eigenvalue weighted by Crippen LogP contribution is -2.72. The Hall–Kier alpha value is -2.59. The predicted molar refractivity (Wildman–Crippen MR) is 101 cm³/mol. The largest absolute Gasteiger partial charge is 0.508 e. The van der Waals surface area contributed by atoms with Crippen molar-refractivity contribution < 1.29 is 14.9 Å². The maximum atomic E-state index is 12.9. The van der Waals surface area contributed by atoms with Crippen LogP contribution in [-0.2, 0) is 6.42 Å². The average Bonchev–Trinajstić information content (AvgIpc) is 2.92. The molecule has 3 aromatic rings. The number of aromatic hydroxyl groups is 1. The third kappa shape index (κ3) is 3.74. The molecule has 0 radical (unpaired) electrons. The van der Waals surface area contributed by atoms with Crippen molar-refractivity contribution in [3.8, 4) is 5.75 Å². The Balaban J connectivity index is 2.04. The summed E-state index contributed by atoms with van der Waals surface area (Å²) in [5.74, 6) is 0.0708. The van der Waals surface area contributed by atoms with Crippen LogP contribution in [0, 0.1) is 0 Å². The number of hydrogen-bond acceptors (Lipinski definition) is 2. The zero-order valence-corrected chi connectivity index (χ0v) is 15.0. The van der Waals surface area contributed by atoms with Crippen molar-refractivity contribution in [1.82, 2.24) is 4.57 Å². The van der Waals surface area contributed by atoms with Crippen LogP contribution in [0.5, 0.6) is 5.75 Å². The Morgan fingerprint density at radius 3 is 2.56 bits per heavy atom. The molecule has 4 nitrogen and oxygen atoms in total. The van der Waals surface area contributed by atoms with Gasteiger partial charge >= 0.3 is 0 Å². The molecule has 0 atom stereocenters. The third-order valence-electron chi connectivity index (χ3n) is 4.05. The van der Waals surface area contributed by atoms with Crippen molar-refractivity contribution in [2.45, 2.75) is 20.3 Å². The van der Waals surface area contributed by atoms with E-state index < -0.39 is 0 Å². The number of phenols is 1. The van der Waals surface area contributed by atoms with E-state index in [0.29, 0.717) is 10.6 Å². The number of phenolic OH excluding ortho intramolecular Hbond substituents is 1.